The first-order valence-electron chi connectivity index (χ1n) is 7.03. The molecule has 2 aromatic rings. The van der Waals surface area contributed by atoms with Crippen molar-refractivity contribution in [3.63, 3.8) is 0 Å². The van der Waals surface area contributed by atoms with Crippen LogP contribution in [0.2, 0.25) is 5.02 Å². The lowest BCUT2D eigenvalue weighted by Crippen LogP contribution is -2.25. The quantitative estimate of drug-likeness (QED) is 0.502. The molecule has 2 rings (SSSR count). The summed E-state index contributed by atoms with van der Waals surface area (Å²) >= 11 is 5.94. The normalized spacial score (nSPS) is 11.2. The highest BCUT2D eigenvalue weighted by atomic mass is 35.5. The SMILES string of the molecule is C/C(=N/NC(=O)COc1ccc(Cl)c(C)c1)c1ccc(N)cc1. The van der Waals surface area contributed by atoms with Crippen molar-refractivity contribution < 1.29 is 9.53 Å². The number of rotatable bonds is 5. The van der Waals surface area contributed by atoms with Gasteiger partial charge in [-0.1, -0.05) is 23.7 Å². The summed E-state index contributed by atoms with van der Waals surface area (Å²) in [5.41, 5.74) is 11.2. The third kappa shape index (κ3) is 5.00. The average Bonchev–Trinajstić information content (AvgIpc) is 2.54. The van der Waals surface area contributed by atoms with Gasteiger partial charge in [-0.3, -0.25) is 4.79 Å². The fourth-order valence-electron chi connectivity index (χ4n) is 1.82. The lowest BCUT2D eigenvalue weighted by atomic mass is 10.1. The number of nitrogens with zero attached hydrogens (tertiary/aromatic N) is 1. The number of aryl methyl sites for hydroxylation is 1. The van der Waals surface area contributed by atoms with Crippen LogP contribution in [0.5, 0.6) is 5.75 Å². The Morgan fingerprint density at radius 2 is 1.96 bits per heavy atom. The Hall–Kier alpha value is -2.53. The molecule has 0 aromatic heterocycles. The molecule has 0 spiro atoms. The van der Waals surface area contributed by atoms with Crippen LogP contribution < -0.4 is 15.9 Å². The summed E-state index contributed by atoms with van der Waals surface area (Å²) in [5.74, 6) is 0.244. The van der Waals surface area contributed by atoms with Gasteiger partial charge in [0.25, 0.3) is 5.91 Å². The zero-order valence-corrected chi connectivity index (χ0v) is 13.7. The molecule has 5 nitrogen and oxygen atoms in total. The summed E-state index contributed by atoms with van der Waals surface area (Å²) in [5, 5.41) is 4.70. The Bertz CT molecular complexity index is 727. The molecule has 0 aliphatic carbocycles. The molecule has 0 bridgehead atoms. The number of nitrogens with two attached hydrogens (primary N) is 1. The van der Waals surface area contributed by atoms with Crippen molar-refractivity contribution in [2.45, 2.75) is 13.8 Å². The lowest BCUT2D eigenvalue weighted by molar-refractivity contribution is -0.123. The van der Waals surface area contributed by atoms with E-state index in [1.807, 2.05) is 19.1 Å². The molecule has 0 radical (unpaired) electrons. The Balaban J connectivity index is 1.88. The van der Waals surface area contributed by atoms with Gasteiger partial charge in [0.15, 0.2) is 6.61 Å². The Kier molecular flexibility index (Phi) is 5.60. The second-order valence-corrected chi connectivity index (χ2v) is 5.46. The third-order valence-corrected chi connectivity index (χ3v) is 3.60. The van der Waals surface area contributed by atoms with Crippen LogP contribution in [0.3, 0.4) is 0 Å². The molecule has 1 amide bonds. The molecule has 0 heterocycles. The van der Waals surface area contributed by atoms with E-state index in [9.17, 15) is 4.79 Å². The zero-order chi connectivity index (χ0) is 16.8. The third-order valence-electron chi connectivity index (χ3n) is 3.18. The van der Waals surface area contributed by atoms with Crippen LogP contribution in [0, 0.1) is 6.92 Å². The van der Waals surface area contributed by atoms with E-state index in [0.29, 0.717) is 22.2 Å². The van der Waals surface area contributed by atoms with Gasteiger partial charge in [0.05, 0.1) is 5.71 Å². The summed E-state index contributed by atoms with van der Waals surface area (Å²) in [4.78, 5) is 11.8. The van der Waals surface area contributed by atoms with Crippen molar-refractivity contribution in [3.8, 4) is 5.75 Å². The van der Waals surface area contributed by atoms with Crippen LogP contribution >= 0.6 is 11.6 Å². The Labute approximate surface area is 140 Å². The van der Waals surface area contributed by atoms with Crippen LogP contribution in [-0.4, -0.2) is 18.2 Å². The first-order valence-corrected chi connectivity index (χ1v) is 7.41. The summed E-state index contributed by atoms with van der Waals surface area (Å²) in [6.45, 7) is 3.55. The molecule has 0 saturated carbocycles. The number of amides is 1. The molecule has 23 heavy (non-hydrogen) atoms. The Morgan fingerprint density at radius 3 is 2.61 bits per heavy atom. The number of halogens is 1. The van der Waals surface area contributed by atoms with Crippen molar-refractivity contribution >= 4 is 28.9 Å². The van der Waals surface area contributed by atoms with Gasteiger partial charge >= 0.3 is 0 Å². The summed E-state index contributed by atoms with van der Waals surface area (Å²) in [6, 6.07) is 12.5. The molecule has 3 N–H and O–H groups in total. The fourth-order valence-corrected chi connectivity index (χ4v) is 1.94. The molecule has 6 heteroatoms. The predicted octanol–water partition coefficient (Wildman–Crippen LogP) is 3.15. The van der Waals surface area contributed by atoms with E-state index in [0.717, 1.165) is 11.1 Å². The van der Waals surface area contributed by atoms with E-state index in [1.54, 1.807) is 37.3 Å². The van der Waals surface area contributed by atoms with Gasteiger partial charge in [-0.2, -0.15) is 5.10 Å². The molecular weight excluding hydrogens is 314 g/mol. The maximum atomic E-state index is 11.8. The number of nitrogens with one attached hydrogen (secondary N) is 1. The monoisotopic (exact) mass is 331 g/mol. The van der Waals surface area contributed by atoms with E-state index in [-0.39, 0.29) is 12.5 Å². The highest BCUT2D eigenvalue weighted by Gasteiger charge is 2.04. The second-order valence-electron chi connectivity index (χ2n) is 5.05. The van der Waals surface area contributed by atoms with Crippen LogP contribution in [0.4, 0.5) is 5.69 Å². The molecule has 2 aromatic carbocycles. The summed E-state index contributed by atoms with van der Waals surface area (Å²) in [6.07, 6.45) is 0. The van der Waals surface area contributed by atoms with Gasteiger partial charge in [-0.25, -0.2) is 5.43 Å². The lowest BCUT2D eigenvalue weighted by Gasteiger charge is -2.07. The number of nitrogen functional groups attached to an aromatic ring is 1. The number of carbonyl (C=O) groups excluding carboxylic acids is 1. The molecule has 0 saturated heterocycles. The minimum Gasteiger partial charge on any atom is -0.484 e. The fraction of sp³-hybridized carbons (Fsp3) is 0.176. The molecule has 0 unspecified atom stereocenters. The van der Waals surface area contributed by atoms with Crippen LogP contribution in [0.25, 0.3) is 0 Å². The maximum Gasteiger partial charge on any atom is 0.277 e. The van der Waals surface area contributed by atoms with E-state index in [1.165, 1.54) is 0 Å². The van der Waals surface area contributed by atoms with Crippen LogP contribution in [0.15, 0.2) is 47.6 Å². The average molecular weight is 332 g/mol. The highest BCUT2D eigenvalue weighted by molar-refractivity contribution is 6.31. The smallest absolute Gasteiger partial charge is 0.277 e. The van der Waals surface area contributed by atoms with Gasteiger partial charge in [0.1, 0.15) is 5.75 Å². The van der Waals surface area contributed by atoms with Gasteiger partial charge in [-0.05, 0) is 55.3 Å². The molecule has 120 valence electrons. The number of hydrazone groups is 1. The summed E-state index contributed by atoms with van der Waals surface area (Å²) in [7, 11) is 0. The van der Waals surface area contributed by atoms with Crippen LogP contribution in [0.1, 0.15) is 18.1 Å². The molecular formula is C17H18ClN3O2. The molecule has 0 aliphatic heterocycles. The summed E-state index contributed by atoms with van der Waals surface area (Å²) < 4.78 is 5.40. The Morgan fingerprint density at radius 1 is 1.26 bits per heavy atom. The van der Waals surface area contributed by atoms with Gasteiger partial charge in [0, 0.05) is 10.7 Å². The largest absolute Gasteiger partial charge is 0.484 e. The number of benzene rings is 2. The number of anilines is 1. The molecule has 0 atom stereocenters. The van der Waals surface area contributed by atoms with E-state index < -0.39 is 0 Å². The standard InChI is InChI=1S/C17H18ClN3O2/c1-11-9-15(7-8-16(11)18)23-10-17(22)21-20-12(2)13-3-5-14(19)6-4-13/h3-9H,10,19H2,1-2H3,(H,21,22)/b20-12-. The van der Waals surface area contributed by atoms with Crippen molar-refractivity contribution in [1.29, 1.82) is 0 Å². The van der Waals surface area contributed by atoms with Crippen LogP contribution in [-0.2, 0) is 4.79 Å². The number of carbonyl (C=O) groups is 1. The highest BCUT2D eigenvalue weighted by Crippen LogP contribution is 2.20. The topological polar surface area (TPSA) is 76.7 Å². The number of hydrogen-bond acceptors (Lipinski definition) is 4. The first kappa shape index (κ1) is 16.8. The van der Waals surface area contributed by atoms with Crippen molar-refractivity contribution in [2.75, 3.05) is 12.3 Å². The van der Waals surface area contributed by atoms with Gasteiger partial charge in [0.2, 0.25) is 0 Å². The van der Waals surface area contributed by atoms with E-state index in [4.69, 9.17) is 22.1 Å². The van der Waals surface area contributed by atoms with Gasteiger partial charge in [-0.15, -0.1) is 0 Å². The minimum atomic E-state index is -0.340. The van der Waals surface area contributed by atoms with Crippen molar-refractivity contribution in [2.24, 2.45) is 5.10 Å². The predicted molar refractivity (Wildman–Crippen MR) is 92.9 cm³/mol. The second kappa shape index (κ2) is 7.65. The first-order chi connectivity index (χ1) is 11.0. The maximum absolute atomic E-state index is 11.8. The molecule has 0 fully saturated rings. The van der Waals surface area contributed by atoms with E-state index in [2.05, 4.69) is 10.5 Å². The van der Waals surface area contributed by atoms with Crippen molar-refractivity contribution in [3.05, 3.63) is 58.6 Å². The van der Waals surface area contributed by atoms with Gasteiger partial charge < -0.3 is 10.5 Å². The molecule has 0 aliphatic rings. The zero-order valence-electron chi connectivity index (χ0n) is 13.0. The number of hydrogen-bond donors (Lipinski definition) is 2. The van der Waals surface area contributed by atoms with Crippen molar-refractivity contribution in [1.82, 2.24) is 5.43 Å². The van der Waals surface area contributed by atoms with E-state index >= 15 is 0 Å². The minimum absolute atomic E-state index is 0.125. The number of ether oxygens (including phenoxy) is 1.